The average Bonchev–Trinajstić information content (AvgIpc) is 1.98. The van der Waals surface area contributed by atoms with Crippen LogP contribution in [-0.2, 0) is 4.79 Å². The van der Waals surface area contributed by atoms with Crippen molar-refractivity contribution in [3.05, 3.63) is 0 Å². The first kappa shape index (κ1) is 11.4. The number of hydrogen-bond acceptors (Lipinski definition) is 2. The molecule has 3 heteroatoms. The monoisotopic (exact) mass is 173 g/mol. The van der Waals surface area contributed by atoms with Crippen LogP contribution in [0.25, 0.3) is 0 Å². The van der Waals surface area contributed by atoms with Gasteiger partial charge in [-0.2, -0.15) is 0 Å². The van der Waals surface area contributed by atoms with Gasteiger partial charge in [0.15, 0.2) is 0 Å². The fraction of sp³-hybridized carbons (Fsp3) is 0.889. The Morgan fingerprint density at radius 2 is 1.83 bits per heavy atom. The molecular formula is C9H19NO2. The van der Waals surface area contributed by atoms with E-state index in [0.29, 0.717) is 12.5 Å². The molecule has 0 aromatic carbocycles. The molecule has 2 atom stereocenters. The van der Waals surface area contributed by atoms with Crippen LogP contribution < -0.4 is 5.32 Å². The van der Waals surface area contributed by atoms with Gasteiger partial charge in [0.05, 0.1) is 6.10 Å². The molecule has 0 saturated heterocycles. The van der Waals surface area contributed by atoms with Crippen molar-refractivity contribution in [3.8, 4) is 0 Å². The Morgan fingerprint density at radius 1 is 1.33 bits per heavy atom. The SMILES string of the molecule is CC(C)C(C)C(=O)NC[C@H](C)O. The third-order valence-corrected chi connectivity index (χ3v) is 1.99. The second-order valence-electron chi connectivity index (χ2n) is 3.63. The predicted octanol–water partition coefficient (Wildman–Crippen LogP) is 0.775. The van der Waals surface area contributed by atoms with Crippen molar-refractivity contribution in [1.82, 2.24) is 5.32 Å². The summed E-state index contributed by atoms with van der Waals surface area (Å²) in [7, 11) is 0. The van der Waals surface area contributed by atoms with Gasteiger partial charge in [0.25, 0.3) is 0 Å². The minimum atomic E-state index is -0.465. The summed E-state index contributed by atoms with van der Waals surface area (Å²) in [6.07, 6.45) is -0.465. The molecular weight excluding hydrogens is 154 g/mol. The van der Waals surface area contributed by atoms with E-state index in [9.17, 15) is 4.79 Å². The lowest BCUT2D eigenvalue weighted by Crippen LogP contribution is -2.36. The maximum absolute atomic E-state index is 11.3. The van der Waals surface area contributed by atoms with Crippen molar-refractivity contribution in [2.75, 3.05) is 6.54 Å². The lowest BCUT2D eigenvalue weighted by atomic mass is 9.97. The van der Waals surface area contributed by atoms with Gasteiger partial charge in [-0.25, -0.2) is 0 Å². The summed E-state index contributed by atoms with van der Waals surface area (Å²) in [5.74, 6) is 0.383. The van der Waals surface area contributed by atoms with Crippen LogP contribution in [0, 0.1) is 11.8 Å². The van der Waals surface area contributed by atoms with Crippen LogP contribution in [0.2, 0.25) is 0 Å². The molecule has 0 fully saturated rings. The Morgan fingerprint density at radius 3 is 2.17 bits per heavy atom. The molecule has 0 bridgehead atoms. The molecule has 0 aliphatic carbocycles. The average molecular weight is 173 g/mol. The first-order valence-electron chi connectivity index (χ1n) is 4.41. The maximum atomic E-state index is 11.3. The van der Waals surface area contributed by atoms with E-state index < -0.39 is 6.10 Å². The molecule has 1 amide bonds. The molecule has 0 aliphatic heterocycles. The lowest BCUT2D eigenvalue weighted by Gasteiger charge is -2.15. The number of rotatable bonds is 4. The molecule has 0 spiro atoms. The summed E-state index contributed by atoms with van der Waals surface area (Å²) in [6, 6.07) is 0. The van der Waals surface area contributed by atoms with Gasteiger partial charge in [0.2, 0.25) is 5.91 Å². The van der Waals surface area contributed by atoms with Gasteiger partial charge < -0.3 is 10.4 Å². The quantitative estimate of drug-likeness (QED) is 0.660. The van der Waals surface area contributed by atoms with Crippen LogP contribution >= 0.6 is 0 Å². The highest BCUT2D eigenvalue weighted by molar-refractivity contribution is 5.78. The fourth-order valence-corrected chi connectivity index (χ4v) is 0.712. The highest BCUT2D eigenvalue weighted by Gasteiger charge is 2.15. The normalized spacial score (nSPS) is 15.8. The van der Waals surface area contributed by atoms with E-state index in [1.54, 1.807) is 6.92 Å². The van der Waals surface area contributed by atoms with E-state index in [1.165, 1.54) is 0 Å². The molecule has 72 valence electrons. The Kier molecular flexibility index (Phi) is 4.90. The Labute approximate surface area is 74.2 Å². The topological polar surface area (TPSA) is 49.3 Å². The van der Waals surface area contributed by atoms with Crippen molar-refractivity contribution < 1.29 is 9.90 Å². The minimum Gasteiger partial charge on any atom is -0.392 e. The molecule has 1 unspecified atom stereocenters. The molecule has 3 nitrogen and oxygen atoms in total. The number of nitrogens with one attached hydrogen (secondary N) is 1. The van der Waals surface area contributed by atoms with Crippen LogP contribution in [-0.4, -0.2) is 23.7 Å². The van der Waals surface area contributed by atoms with Crippen molar-refractivity contribution >= 4 is 5.91 Å². The number of aliphatic hydroxyl groups excluding tert-OH is 1. The van der Waals surface area contributed by atoms with Crippen LogP contribution in [0.1, 0.15) is 27.7 Å². The molecule has 0 aromatic rings. The first-order valence-corrected chi connectivity index (χ1v) is 4.41. The van der Waals surface area contributed by atoms with Crippen LogP contribution in [0.15, 0.2) is 0 Å². The van der Waals surface area contributed by atoms with Crippen LogP contribution in [0.4, 0.5) is 0 Å². The molecule has 0 heterocycles. The predicted molar refractivity (Wildman–Crippen MR) is 48.7 cm³/mol. The molecule has 0 aliphatic rings. The summed E-state index contributed by atoms with van der Waals surface area (Å²) in [5, 5.41) is 11.6. The first-order chi connectivity index (χ1) is 5.45. The largest absolute Gasteiger partial charge is 0.392 e. The molecule has 12 heavy (non-hydrogen) atoms. The zero-order valence-corrected chi connectivity index (χ0v) is 8.29. The third kappa shape index (κ3) is 4.34. The Bertz CT molecular complexity index is 143. The summed E-state index contributed by atoms with van der Waals surface area (Å²) in [4.78, 5) is 11.3. The zero-order valence-electron chi connectivity index (χ0n) is 8.29. The van der Waals surface area contributed by atoms with Gasteiger partial charge in [0.1, 0.15) is 0 Å². The van der Waals surface area contributed by atoms with Crippen LogP contribution in [0.3, 0.4) is 0 Å². The Balaban J connectivity index is 3.72. The maximum Gasteiger partial charge on any atom is 0.223 e. The molecule has 0 saturated carbocycles. The second-order valence-corrected chi connectivity index (χ2v) is 3.63. The highest BCUT2D eigenvalue weighted by atomic mass is 16.3. The van der Waals surface area contributed by atoms with Crippen molar-refractivity contribution in [3.63, 3.8) is 0 Å². The molecule has 2 N–H and O–H groups in total. The fourth-order valence-electron chi connectivity index (χ4n) is 0.712. The Hall–Kier alpha value is -0.570. The van der Waals surface area contributed by atoms with Gasteiger partial charge in [0, 0.05) is 12.5 Å². The molecule has 0 rings (SSSR count). The van der Waals surface area contributed by atoms with Gasteiger partial charge >= 0.3 is 0 Å². The zero-order chi connectivity index (χ0) is 9.72. The number of hydrogen-bond donors (Lipinski definition) is 2. The van der Waals surface area contributed by atoms with Crippen molar-refractivity contribution in [2.24, 2.45) is 11.8 Å². The number of aliphatic hydroxyl groups is 1. The third-order valence-electron chi connectivity index (χ3n) is 1.99. The molecule has 0 radical (unpaired) electrons. The van der Waals surface area contributed by atoms with E-state index in [-0.39, 0.29) is 11.8 Å². The summed E-state index contributed by atoms with van der Waals surface area (Å²) < 4.78 is 0. The van der Waals surface area contributed by atoms with Gasteiger partial charge in [-0.1, -0.05) is 20.8 Å². The van der Waals surface area contributed by atoms with E-state index >= 15 is 0 Å². The second kappa shape index (κ2) is 5.14. The lowest BCUT2D eigenvalue weighted by molar-refractivity contribution is -0.126. The van der Waals surface area contributed by atoms with E-state index in [4.69, 9.17) is 5.11 Å². The number of carbonyl (C=O) groups excluding carboxylic acids is 1. The van der Waals surface area contributed by atoms with Crippen molar-refractivity contribution in [1.29, 1.82) is 0 Å². The van der Waals surface area contributed by atoms with E-state index in [1.807, 2.05) is 20.8 Å². The van der Waals surface area contributed by atoms with Crippen molar-refractivity contribution in [2.45, 2.75) is 33.8 Å². The molecule has 0 aromatic heterocycles. The number of carbonyl (C=O) groups is 1. The van der Waals surface area contributed by atoms with Gasteiger partial charge in [-0.05, 0) is 12.8 Å². The summed E-state index contributed by atoms with van der Waals surface area (Å²) in [6.45, 7) is 7.90. The van der Waals surface area contributed by atoms with Gasteiger partial charge in [-0.15, -0.1) is 0 Å². The van der Waals surface area contributed by atoms with Gasteiger partial charge in [-0.3, -0.25) is 4.79 Å². The highest BCUT2D eigenvalue weighted by Crippen LogP contribution is 2.08. The van der Waals surface area contributed by atoms with E-state index in [2.05, 4.69) is 5.32 Å². The standard InChI is InChI=1S/C9H19NO2/c1-6(2)8(4)9(12)10-5-7(3)11/h6-8,11H,5H2,1-4H3,(H,10,12)/t7-,8?/m0/s1. The van der Waals surface area contributed by atoms with Crippen LogP contribution in [0.5, 0.6) is 0 Å². The smallest absolute Gasteiger partial charge is 0.223 e. The summed E-state index contributed by atoms with van der Waals surface area (Å²) >= 11 is 0. The van der Waals surface area contributed by atoms with E-state index in [0.717, 1.165) is 0 Å². The minimum absolute atomic E-state index is 0.0174. The summed E-state index contributed by atoms with van der Waals surface area (Å²) in [5.41, 5.74) is 0. The number of amides is 1.